The topological polar surface area (TPSA) is 88.2 Å². The molecule has 0 saturated carbocycles. The zero-order valence-corrected chi connectivity index (χ0v) is 30.3. The average Bonchev–Trinajstić information content (AvgIpc) is 3.44. The summed E-state index contributed by atoms with van der Waals surface area (Å²) < 4.78 is 0. The predicted octanol–water partition coefficient (Wildman–Crippen LogP) is 5.68. The third kappa shape index (κ3) is 8.32. The van der Waals surface area contributed by atoms with E-state index < -0.39 is 6.04 Å². The summed E-state index contributed by atoms with van der Waals surface area (Å²) in [5, 5.41) is 6.28. The van der Waals surface area contributed by atoms with Crippen molar-refractivity contribution in [3.8, 4) is 0 Å². The van der Waals surface area contributed by atoms with Gasteiger partial charge in [-0.2, -0.15) is 0 Å². The van der Waals surface area contributed by atoms with Crippen molar-refractivity contribution in [3.63, 3.8) is 0 Å². The van der Waals surface area contributed by atoms with E-state index in [0.717, 1.165) is 55.5 Å². The highest BCUT2D eigenvalue weighted by Gasteiger charge is 2.34. The van der Waals surface area contributed by atoms with Crippen molar-refractivity contribution in [2.75, 3.05) is 52.1 Å². The number of amides is 5. The van der Waals surface area contributed by atoms with E-state index in [1.165, 1.54) is 27.8 Å². The van der Waals surface area contributed by atoms with E-state index in [2.05, 4.69) is 85.9 Å². The molecule has 3 aromatic rings. The Kier molecular flexibility index (Phi) is 11.4. The standard InChI is InChI=1S/C41H54N6O3/c1-5-31-13-11-29(25-32(31)6-2)27-38(39(48)45-20-15-33-14-12-30(28-44(3)4)26-35(33)16-21-45)43-40(49)46-22-18-36(19-23-46)47-24-17-34-9-7-8-10-37(34)42-41(47)50/h7-14,25-26,36,38H,5-6,15-24,27-28H2,1-4H3,(H,42,50)(H,43,49)/t38-/m1/s1. The Bertz CT molecular complexity index is 1680. The first-order valence-corrected chi connectivity index (χ1v) is 18.6. The van der Waals surface area contributed by atoms with Gasteiger partial charge in [-0.25, -0.2) is 9.59 Å². The number of anilines is 1. The molecule has 5 amide bonds. The molecule has 0 aliphatic carbocycles. The number of likely N-dealkylation sites (tertiary alicyclic amines) is 1. The third-order valence-electron chi connectivity index (χ3n) is 10.8. The van der Waals surface area contributed by atoms with Crippen LogP contribution in [0.2, 0.25) is 0 Å². The Labute approximate surface area is 298 Å². The smallest absolute Gasteiger partial charge is 0.322 e. The number of aryl methyl sites for hydroxylation is 2. The lowest BCUT2D eigenvalue weighted by Gasteiger charge is -2.38. The lowest BCUT2D eigenvalue weighted by Crippen LogP contribution is -2.56. The monoisotopic (exact) mass is 678 g/mol. The molecule has 3 heterocycles. The van der Waals surface area contributed by atoms with Crippen LogP contribution in [-0.2, 0) is 49.9 Å². The van der Waals surface area contributed by atoms with E-state index >= 15 is 0 Å². The lowest BCUT2D eigenvalue weighted by molar-refractivity contribution is -0.133. The zero-order chi connectivity index (χ0) is 35.2. The number of nitrogens with zero attached hydrogens (tertiary/aromatic N) is 4. The lowest BCUT2D eigenvalue weighted by atomic mass is 9.96. The molecule has 3 aromatic carbocycles. The average molecular weight is 679 g/mol. The first-order chi connectivity index (χ1) is 24.2. The Balaban J connectivity index is 1.13. The normalized spacial score (nSPS) is 17.4. The molecule has 2 N–H and O–H groups in total. The van der Waals surface area contributed by atoms with E-state index in [1.807, 2.05) is 32.9 Å². The predicted molar refractivity (Wildman–Crippen MR) is 200 cm³/mol. The highest BCUT2D eigenvalue weighted by molar-refractivity contribution is 5.91. The number of benzene rings is 3. The molecule has 0 unspecified atom stereocenters. The Morgan fingerprint density at radius 3 is 2.24 bits per heavy atom. The number of urea groups is 2. The maximum absolute atomic E-state index is 14.4. The molecule has 266 valence electrons. The second-order valence-electron chi connectivity index (χ2n) is 14.4. The van der Waals surface area contributed by atoms with Crippen molar-refractivity contribution >= 4 is 23.7 Å². The molecule has 0 spiro atoms. The van der Waals surface area contributed by atoms with E-state index in [9.17, 15) is 14.4 Å². The van der Waals surface area contributed by atoms with Gasteiger partial charge in [0.1, 0.15) is 6.04 Å². The number of carbonyl (C=O) groups excluding carboxylic acids is 3. The molecule has 0 aromatic heterocycles. The SMILES string of the molecule is CCc1ccc(C[C@@H](NC(=O)N2CCC(N3CCc4ccccc4NC3=O)CC2)C(=O)N2CCc3ccc(CN(C)C)cc3CC2)cc1CC. The maximum Gasteiger partial charge on any atom is 0.322 e. The van der Waals surface area contributed by atoms with Crippen LogP contribution in [0.1, 0.15) is 65.6 Å². The largest absolute Gasteiger partial charge is 0.340 e. The number of fused-ring (bicyclic) bond motifs is 2. The minimum absolute atomic E-state index is 0.0204. The quantitative estimate of drug-likeness (QED) is 0.305. The molecule has 9 nitrogen and oxygen atoms in total. The van der Waals surface area contributed by atoms with Crippen LogP contribution in [0.15, 0.2) is 60.7 Å². The highest BCUT2D eigenvalue weighted by atomic mass is 16.2. The number of nitrogens with one attached hydrogen (secondary N) is 2. The first-order valence-electron chi connectivity index (χ1n) is 18.6. The number of rotatable bonds is 9. The van der Waals surface area contributed by atoms with Gasteiger partial charge in [0.2, 0.25) is 5.91 Å². The number of hydrogen-bond acceptors (Lipinski definition) is 4. The van der Waals surface area contributed by atoms with Gasteiger partial charge in [-0.05, 0) is 104 Å². The Hall–Kier alpha value is -4.37. The van der Waals surface area contributed by atoms with Gasteiger partial charge in [0.25, 0.3) is 0 Å². The second-order valence-corrected chi connectivity index (χ2v) is 14.4. The fraction of sp³-hybridized carbons (Fsp3) is 0.488. The molecule has 6 rings (SSSR count). The van der Waals surface area contributed by atoms with Gasteiger partial charge in [0.15, 0.2) is 0 Å². The zero-order valence-electron chi connectivity index (χ0n) is 30.3. The van der Waals surface area contributed by atoms with E-state index in [-0.39, 0.29) is 24.0 Å². The number of piperidine rings is 1. The Morgan fingerprint density at radius 1 is 0.800 bits per heavy atom. The van der Waals surface area contributed by atoms with Crippen molar-refractivity contribution in [1.29, 1.82) is 0 Å². The molecule has 50 heavy (non-hydrogen) atoms. The minimum atomic E-state index is -0.669. The van der Waals surface area contributed by atoms with Gasteiger partial charge in [-0.1, -0.05) is 68.4 Å². The fourth-order valence-corrected chi connectivity index (χ4v) is 7.96. The summed E-state index contributed by atoms with van der Waals surface area (Å²) >= 11 is 0. The van der Waals surface area contributed by atoms with Crippen LogP contribution in [0.4, 0.5) is 15.3 Å². The van der Waals surface area contributed by atoms with Gasteiger partial charge in [-0.15, -0.1) is 0 Å². The van der Waals surface area contributed by atoms with Crippen LogP contribution in [0, 0.1) is 0 Å². The van der Waals surface area contributed by atoms with E-state index in [1.54, 1.807) is 0 Å². The molecular formula is C41H54N6O3. The van der Waals surface area contributed by atoms with Crippen LogP contribution >= 0.6 is 0 Å². The Morgan fingerprint density at radius 2 is 1.50 bits per heavy atom. The van der Waals surface area contributed by atoms with E-state index in [4.69, 9.17) is 0 Å². The highest BCUT2D eigenvalue weighted by Crippen LogP contribution is 2.25. The first kappa shape index (κ1) is 35.5. The summed E-state index contributed by atoms with van der Waals surface area (Å²) in [5.41, 5.74) is 9.61. The minimum Gasteiger partial charge on any atom is -0.340 e. The summed E-state index contributed by atoms with van der Waals surface area (Å²) in [7, 11) is 4.16. The van der Waals surface area contributed by atoms with Crippen molar-refractivity contribution in [2.24, 2.45) is 0 Å². The van der Waals surface area contributed by atoms with Crippen molar-refractivity contribution in [3.05, 3.63) is 99.6 Å². The van der Waals surface area contributed by atoms with Crippen LogP contribution in [0.25, 0.3) is 0 Å². The van der Waals surface area contributed by atoms with Gasteiger partial charge in [-0.3, -0.25) is 4.79 Å². The summed E-state index contributed by atoms with van der Waals surface area (Å²) in [6.45, 7) is 8.21. The molecule has 1 fully saturated rings. The van der Waals surface area contributed by atoms with Gasteiger partial charge < -0.3 is 30.2 Å². The maximum atomic E-state index is 14.4. The fourth-order valence-electron chi connectivity index (χ4n) is 7.96. The third-order valence-corrected chi connectivity index (χ3v) is 10.8. The summed E-state index contributed by atoms with van der Waals surface area (Å²) in [6.07, 6.45) is 6.16. The molecule has 9 heteroatoms. The number of carbonyl (C=O) groups is 3. The van der Waals surface area contributed by atoms with Gasteiger partial charge >= 0.3 is 12.1 Å². The molecular weight excluding hydrogens is 624 g/mol. The molecule has 0 radical (unpaired) electrons. The van der Waals surface area contributed by atoms with E-state index in [0.29, 0.717) is 52.0 Å². The summed E-state index contributed by atoms with van der Waals surface area (Å²) in [6, 6.07) is 20.3. The van der Waals surface area contributed by atoms with Crippen molar-refractivity contribution < 1.29 is 14.4 Å². The number of para-hydroxylation sites is 1. The van der Waals surface area contributed by atoms with Crippen LogP contribution in [-0.4, -0.2) is 96.5 Å². The van der Waals surface area contributed by atoms with Gasteiger partial charge in [0.05, 0.1) is 0 Å². The van der Waals surface area contributed by atoms with Crippen molar-refractivity contribution in [1.82, 2.24) is 24.9 Å². The van der Waals surface area contributed by atoms with Crippen molar-refractivity contribution in [2.45, 2.75) is 83.8 Å². The molecule has 1 atom stereocenters. The second kappa shape index (κ2) is 16.1. The summed E-state index contributed by atoms with van der Waals surface area (Å²) in [4.78, 5) is 49.3. The molecule has 0 bridgehead atoms. The molecule has 1 saturated heterocycles. The molecule has 3 aliphatic heterocycles. The number of hydrogen-bond donors (Lipinski definition) is 2. The van der Waals surface area contributed by atoms with Crippen LogP contribution < -0.4 is 10.6 Å². The molecule has 3 aliphatic rings. The van der Waals surface area contributed by atoms with Gasteiger partial charge in [0, 0.05) is 57.4 Å². The van der Waals surface area contributed by atoms with Crippen LogP contribution in [0.3, 0.4) is 0 Å². The summed E-state index contributed by atoms with van der Waals surface area (Å²) in [5.74, 6) is -0.0204. The van der Waals surface area contributed by atoms with Crippen LogP contribution in [0.5, 0.6) is 0 Å².